The van der Waals surface area contributed by atoms with E-state index in [9.17, 15) is 4.79 Å². The molecule has 0 aromatic rings. The lowest BCUT2D eigenvalue weighted by atomic mass is 9.51. The molecule has 0 aromatic carbocycles. The molecule has 1 aliphatic heterocycles. The molecule has 0 radical (unpaired) electrons. The predicted octanol–water partition coefficient (Wildman–Crippen LogP) is 2.48. The largest absolute Gasteiger partial charge is 0.356 e. The topological polar surface area (TPSA) is 41.1 Å². The van der Waals surface area contributed by atoms with Gasteiger partial charge in [0.2, 0.25) is 5.91 Å². The van der Waals surface area contributed by atoms with E-state index in [0.29, 0.717) is 23.7 Å². The summed E-state index contributed by atoms with van der Waals surface area (Å²) >= 11 is 0. The van der Waals surface area contributed by atoms with Crippen molar-refractivity contribution in [2.24, 2.45) is 29.6 Å². The van der Waals surface area contributed by atoms with Crippen molar-refractivity contribution < 1.29 is 4.79 Å². The fourth-order valence-corrected chi connectivity index (χ4v) is 5.71. The summed E-state index contributed by atoms with van der Waals surface area (Å²) < 4.78 is 0. The third-order valence-corrected chi connectivity index (χ3v) is 6.43. The summed E-state index contributed by atoms with van der Waals surface area (Å²) in [5, 5.41) is 6.59. The Morgan fingerprint density at radius 2 is 1.86 bits per heavy atom. The number of hydrogen-bond donors (Lipinski definition) is 2. The van der Waals surface area contributed by atoms with E-state index in [1.807, 2.05) is 0 Å². The molecule has 0 spiro atoms. The van der Waals surface area contributed by atoms with Gasteiger partial charge in [-0.25, -0.2) is 0 Å². The highest BCUT2D eigenvalue weighted by atomic mass is 16.1. The van der Waals surface area contributed by atoms with E-state index in [-0.39, 0.29) is 0 Å². The van der Waals surface area contributed by atoms with Gasteiger partial charge >= 0.3 is 0 Å². The van der Waals surface area contributed by atoms with E-state index in [4.69, 9.17) is 0 Å². The zero-order valence-corrected chi connectivity index (χ0v) is 12.9. The van der Waals surface area contributed by atoms with Gasteiger partial charge in [-0.2, -0.15) is 0 Å². The second kappa shape index (κ2) is 5.75. The Hall–Kier alpha value is -0.830. The standard InChI is InChI=1S/C18H28N2O/c21-18(20-6-3-12-1-4-19-5-2-12)17-15-8-13-7-14(10-15)11-16(17)9-13/h1,13-17,19H,2-11H2,(H,20,21). The molecule has 0 atom stereocenters. The van der Waals surface area contributed by atoms with Crippen LogP contribution in [0.25, 0.3) is 0 Å². The van der Waals surface area contributed by atoms with Crippen molar-refractivity contribution in [2.75, 3.05) is 19.6 Å². The molecule has 2 N–H and O–H groups in total. The number of rotatable bonds is 4. The molecule has 4 saturated carbocycles. The monoisotopic (exact) mass is 288 g/mol. The fourth-order valence-electron chi connectivity index (χ4n) is 5.71. The lowest BCUT2D eigenvalue weighted by Gasteiger charge is -2.53. The maximum atomic E-state index is 12.6. The lowest BCUT2D eigenvalue weighted by molar-refractivity contribution is -0.138. The quantitative estimate of drug-likeness (QED) is 0.780. The Bertz CT molecular complexity index is 414. The highest BCUT2D eigenvalue weighted by Crippen LogP contribution is 2.56. The van der Waals surface area contributed by atoms with Crippen LogP contribution in [0.3, 0.4) is 0 Å². The predicted molar refractivity (Wildman–Crippen MR) is 83.7 cm³/mol. The normalized spacial score (nSPS) is 41.0. The maximum Gasteiger partial charge on any atom is 0.223 e. The molecule has 3 heteroatoms. The first kappa shape index (κ1) is 13.8. The van der Waals surface area contributed by atoms with Crippen molar-refractivity contribution in [3.63, 3.8) is 0 Å². The van der Waals surface area contributed by atoms with E-state index in [1.54, 1.807) is 0 Å². The van der Waals surface area contributed by atoms with Gasteiger partial charge < -0.3 is 10.6 Å². The molecule has 4 aliphatic carbocycles. The first-order chi connectivity index (χ1) is 10.3. The molecule has 5 rings (SSSR count). The Balaban J connectivity index is 1.30. The van der Waals surface area contributed by atoms with E-state index in [2.05, 4.69) is 16.7 Å². The molecule has 1 amide bonds. The van der Waals surface area contributed by atoms with Gasteiger partial charge in [0.1, 0.15) is 0 Å². The summed E-state index contributed by atoms with van der Waals surface area (Å²) in [6.45, 7) is 2.93. The van der Waals surface area contributed by atoms with Crippen molar-refractivity contribution in [1.29, 1.82) is 0 Å². The number of carbonyl (C=O) groups excluding carboxylic acids is 1. The fraction of sp³-hybridized carbons (Fsp3) is 0.833. The highest BCUT2D eigenvalue weighted by molar-refractivity contribution is 5.79. The minimum Gasteiger partial charge on any atom is -0.356 e. The van der Waals surface area contributed by atoms with Crippen molar-refractivity contribution in [3.05, 3.63) is 11.6 Å². The Morgan fingerprint density at radius 3 is 2.48 bits per heavy atom. The Kier molecular flexibility index (Phi) is 3.78. The minimum atomic E-state index is 0.347. The van der Waals surface area contributed by atoms with Crippen molar-refractivity contribution >= 4 is 5.91 Å². The van der Waals surface area contributed by atoms with Gasteiger partial charge in [0.25, 0.3) is 0 Å². The molecule has 4 fully saturated rings. The second-order valence-electron chi connectivity index (χ2n) is 7.81. The number of hydrogen-bond acceptors (Lipinski definition) is 2. The van der Waals surface area contributed by atoms with Crippen LogP contribution in [0.4, 0.5) is 0 Å². The molecule has 4 bridgehead atoms. The molecule has 116 valence electrons. The Labute approximate surface area is 127 Å². The highest BCUT2D eigenvalue weighted by Gasteiger charge is 2.50. The van der Waals surface area contributed by atoms with Crippen LogP contribution in [0, 0.1) is 29.6 Å². The van der Waals surface area contributed by atoms with Crippen LogP contribution in [0.5, 0.6) is 0 Å². The van der Waals surface area contributed by atoms with Crippen molar-refractivity contribution in [2.45, 2.75) is 44.9 Å². The molecule has 0 unspecified atom stereocenters. The third-order valence-electron chi connectivity index (χ3n) is 6.43. The van der Waals surface area contributed by atoms with Crippen LogP contribution in [0.1, 0.15) is 44.9 Å². The summed E-state index contributed by atoms with van der Waals surface area (Å²) in [7, 11) is 0. The zero-order valence-electron chi connectivity index (χ0n) is 12.9. The van der Waals surface area contributed by atoms with Gasteiger partial charge in [-0.3, -0.25) is 4.79 Å². The van der Waals surface area contributed by atoms with E-state index < -0.39 is 0 Å². The van der Waals surface area contributed by atoms with Crippen molar-refractivity contribution in [3.8, 4) is 0 Å². The van der Waals surface area contributed by atoms with Gasteiger partial charge in [-0.1, -0.05) is 11.6 Å². The number of carbonyl (C=O) groups is 1. The summed E-state index contributed by atoms with van der Waals surface area (Å²) in [5.74, 6) is 4.05. The third kappa shape index (κ3) is 2.77. The van der Waals surface area contributed by atoms with Crippen molar-refractivity contribution in [1.82, 2.24) is 10.6 Å². The van der Waals surface area contributed by atoms with Crippen LogP contribution in [-0.2, 0) is 4.79 Å². The van der Waals surface area contributed by atoms with Crippen LogP contribution in [0.2, 0.25) is 0 Å². The Morgan fingerprint density at radius 1 is 1.14 bits per heavy atom. The smallest absolute Gasteiger partial charge is 0.223 e. The average Bonchev–Trinajstić information content (AvgIpc) is 2.47. The first-order valence-corrected chi connectivity index (χ1v) is 8.96. The van der Waals surface area contributed by atoms with Gasteiger partial charge in [0, 0.05) is 19.0 Å². The van der Waals surface area contributed by atoms with E-state index in [1.165, 1.54) is 37.7 Å². The van der Waals surface area contributed by atoms with Crippen LogP contribution in [-0.4, -0.2) is 25.5 Å². The summed E-state index contributed by atoms with van der Waals surface area (Å²) in [6, 6.07) is 0. The first-order valence-electron chi connectivity index (χ1n) is 8.96. The van der Waals surface area contributed by atoms with Crippen LogP contribution < -0.4 is 10.6 Å². The molecule has 0 aromatic heterocycles. The molecule has 0 saturated heterocycles. The lowest BCUT2D eigenvalue weighted by Crippen LogP contribution is -2.51. The SMILES string of the molecule is O=C(NCCC1=CCNCC1)C1C2CC3CC(C2)CC1C3. The minimum absolute atomic E-state index is 0.347. The summed E-state index contributed by atoms with van der Waals surface area (Å²) in [4.78, 5) is 12.6. The van der Waals surface area contributed by atoms with E-state index in [0.717, 1.165) is 44.3 Å². The van der Waals surface area contributed by atoms with Gasteiger partial charge in [0.05, 0.1) is 0 Å². The van der Waals surface area contributed by atoms with Gasteiger partial charge in [0.15, 0.2) is 0 Å². The average molecular weight is 288 g/mol. The number of nitrogens with one attached hydrogen (secondary N) is 2. The molecule has 5 aliphatic rings. The van der Waals surface area contributed by atoms with Gasteiger partial charge in [-0.05, 0) is 75.2 Å². The summed E-state index contributed by atoms with van der Waals surface area (Å²) in [5.41, 5.74) is 1.51. The van der Waals surface area contributed by atoms with Crippen LogP contribution >= 0.6 is 0 Å². The van der Waals surface area contributed by atoms with E-state index >= 15 is 0 Å². The second-order valence-corrected chi connectivity index (χ2v) is 7.81. The molecule has 1 heterocycles. The molecular weight excluding hydrogens is 260 g/mol. The maximum absolute atomic E-state index is 12.6. The summed E-state index contributed by atoms with van der Waals surface area (Å²) in [6.07, 6.45) is 11.3. The number of amides is 1. The molecular formula is C18H28N2O. The van der Waals surface area contributed by atoms with Gasteiger partial charge in [-0.15, -0.1) is 0 Å². The zero-order chi connectivity index (χ0) is 14.2. The molecule has 21 heavy (non-hydrogen) atoms. The molecule has 3 nitrogen and oxygen atoms in total. The van der Waals surface area contributed by atoms with Crippen LogP contribution in [0.15, 0.2) is 11.6 Å².